The van der Waals surface area contributed by atoms with E-state index in [1.54, 1.807) is 6.92 Å². The van der Waals surface area contributed by atoms with Crippen LogP contribution in [-0.2, 0) is 0 Å². The van der Waals surface area contributed by atoms with Crippen molar-refractivity contribution in [2.75, 3.05) is 6.54 Å². The van der Waals surface area contributed by atoms with Gasteiger partial charge in [-0.1, -0.05) is 6.08 Å². The van der Waals surface area contributed by atoms with Gasteiger partial charge in [-0.15, -0.1) is 0 Å². The van der Waals surface area contributed by atoms with Crippen molar-refractivity contribution in [2.45, 2.75) is 6.92 Å². The van der Waals surface area contributed by atoms with Gasteiger partial charge in [0.2, 0.25) is 0 Å². The molecule has 0 aliphatic carbocycles. The monoisotopic (exact) mass is 113 g/mol. The molecule has 0 bridgehead atoms. The Hall–Kier alpha value is -0.790. The van der Waals surface area contributed by atoms with Crippen molar-refractivity contribution < 1.29 is 4.39 Å². The predicted octanol–water partition coefficient (Wildman–Crippen LogP) is 1.35. The Bertz CT molecular complexity index is 129. The van der Waals surface area contributed by atoms with E-state index in [1.165, 1.54) is 6.20 Å². The number of nitrogens with one attached hydrogen (secondary N) is 1. The summed E-state index contributed by atoms with van der Waals surface area (Å²) in [6.45, 7) is 2.51. The topological polar surface area (TPSA) is 12.0 Å². The van der Waals surface area contributed by atoms with Gasteiger partial charge in [-0.05, 0) is 12.5 Å². The third kappa shape index (κ3) is 0.886. The average molecular weight is 113 g/mol. The molecule has 0 atom stereocenters. The predicted molar refractivity (Wildman–Crippen MR) is 31.0 cm³/mol. The van der Waals surface area contributed by atoms with Crippen LogP contribution < -0.4 is 5.32 Å². The van der Waals surface area contributed by atoms with Crippen LogP contribution in [0.3, 0.4) is 0 Å². The van der Waals surface area contributed by atoms with Crippen LogP contribution in [0.25, 0.3) is 0 Å². The number of allylic oxidation sites excluding steroid dienone is 2. The van der Waals surface area contributed by atoms with E-state index in [4.69, 9.17) is 0 Å². The molecule has 44 valence electrons. The lowest BCUT2D eigenvalue weighted by Crippen LogP contribution is -2.09. The van der Waals surface area contributed by atoms with Crippen molar-refractivity contribution in [3.8, 4) is 0 Å². The molecule has 0 unspecified atom stereocenters. The van der Waals surface area contributed by atoms with Crippen LogP contribution in [0.5, 0.6) is 0 Å². The summed E-state index contributed by atoms with van der Waals surface area (Å²) in [6, 6.07) is 0. The molecule has 0 radical (unpaired) electrons. The van der Waals surface area contributed by atoms with Crippen molar-refractivity contribution in [1.82, 2.24) is 5.32 Å². The van der Waals surface area contributed by atoms with Gasteiger partial charge in [-0.2, -0.15) is 0 Å². The molecular formula is C6H8FN. The smallest absolute Gasteiger partial charge is 0.141 e. The maximum absolute atomic E-state index is 12.3. The lowest BCUT2D eigenvalue weighted by atomic mass is 10.2. The first-order valence-electron chi connectivity index (χ1n) is 2.57. The van der Waals surface area contributed by atoms with E-state index >= 15 is 0 Å². The van der Waals surface area contributed by atoms with Crippen molar-refractivity contribution in [1.29, 1.82) is 0 Å². The molecule has 1 rings (SSSR count). The molecule has 0 aromatic carbocycles. The van der Waals surface area contributed by atoms with Gasteiger partial charge in [0, 0.05) is 12.7 Å². The van der Waals surface area contributed by atoms with Crippen molar-refractivity contribution in [3.05, 3.63) is 23.7 Å². The molecule has 0 aromatic heterocycles. The first-order valence-corrected chi connectivity index (χ1v) is 2.57. The van der Waals surface area contributed by atoms with Gasteiger partial charge in [0.05, 0.1) is 0 Å². The molecule has 8 heavy (non-hydrogen) atoms. The Kier molecular flexibility index (Phi) is 1.33. The Morgan fingerprint density at radius 3 is 2.88 bits per heavy atom. The second-order valence-electron chi connectivity index (χ2n) is 1.79. The normalized spacial score (nSPS) is 18.8. The first-order chi connectivity index (χ1) is 3.80. The van der Waals surface area contributed by atoms with E-state index in [1.807, 2.05) is 6.08 Å². The van der Waals surface area contributed by atoms with Gasteiger partial charge in [-0.25, -0.2) is 4.39 Å². The van der Waals surface area contributed by atoms with Crippen molar-refractivity contribution >= 4 is 0 Å². The quantitative estimate of drug-likeness (QED) is 0.500. The highest BCUT2D eigenvalue weighted by molar-refractivity contribution is 5.25. The fourth-order valence-corrected chi connectivity index (χ4v) is 0.572. The van der Waals surface area contributed by atoms with E-state index < -0.39 is 0 Å². The maximum Gasteiger partial charge on any atom is 0.141 e. The van der Waals surface area contributed by atoms with Gasteiger partial charge < -0.3 is 5.32 Å². The van der Waals surface area contributed by atoms with E-state index in [9.17, 15) is 4.39 Å². The lowest BCUT2D eigenvalue weighted by molar-refractivity contribution is 0.630. The Morgan fingerprint density at radius 2 is 2.50 bits per heavy atom. The minimum Gasteiger partial charge on any atom is -0.385 e. The van der Waals surface area contributed by atoms with Crippen LogP contribution >= 0.6 is 0 Å². The summed E-state index contributed by atoms with van der Waals surface area (Å²) in [5.74, 6) is -0.156. The molecule has 1 nitrogen and oxygen atoms in total. The Labute approximate surface area is 47.9 Å². The summed E-state index contributed by atoms with van der Waals surface area (Å²) in [4.78, 5) is 0. The van der Waals surface area contributed by atoms with Crippen molar-refractivity contribution in [2.24, 2.45) is 0 Å². The van der Waals surface area contributed by atoms with E-state index in [0.29, 0.717) is 0 Å². The molecule has 0 amide bonds. The fourth-order valence-electron chi connectivity index (χ4n) is 0.572. The molecule has 1 N–H and O–H groups in total. The summed E-state index contributed by atoms with van der Waals surface area (Å²) >= 11 is 0. The molecule has 1 aliphatic heterocycles. The summed E-state index contributed by atoms with van der Waals surface area (Å²) in [5.41, 5.74) is 0.726. The summed E-state index contributed by atoms with van der Waals surface area (Å²) in [6.07, 6.45) is 3.20. The van der Waals surface area contributed by atoms with Crippen LogP contribution in [0.1, 0.15) is 6.92 Å². The SMILES string of the molecule is CC1=CCNC=C1F. The standard InChI is InChI=1S/C6H8FN/c1-5-2-3-8-4-6(5)7/h2,4,8H,3H2,1H3. The number of rotatable bonds is 0. The van der Waals surface area contributed by atoms with E-state index in [0.717, 1.165) is 12.1 Å². The Morgan fingerprint density at radius 1 is 1.75 bits per heavy atom. The fraction of sp³-hybridized carbons (Fsp3) is 0.333. The molecule has 0 spiro atoms. The van der Waals surface area contributed by atoms with Crippen LogP contribution in [0.15, 0.2) is 23.7 Å². The number of hydrogen-bond acceptors (Lipinski definition) is 1. The largest absolute Gasteiger partial charge is 0.385 e. The first kappa shape index (κ1) is 5.35. The highest BCUT2D eigenvalue weighted by atomic mass is 19.1. The maximum atomic E-state index is 12.3. The van der Waals surface area contributed by atoms with Gasteiger partial charge >= 0.3 is 0 Å². The molecule has 2 heteroatoms. The molecule has 1 aliphatic rings. The number of hydrogen-bond donors (Lipinski definition) is 1. The zero-order valence-corrected chi connectivity index (χ0v) is 4.74. The summed E-state index contributed by atoms with van der Waals surface area (Å²) in [7, 11) is 0. The number of halogens is 1. The van der Waals surface area contributed by atoms with Crippen LogP contribution in [-0.4, -0.2) is 6.54 Å². The van der Waals surface area contributed by atoms with Gasteiger partial charge in [0.15, 0.2) is 0 Å². The lowest BCUT2D eigenvalue weighted by Gasteiger charge is -2.04. The van der Waals surface area contributed by atoms with Gasteiger partial charge in [0.1, 0.15) is 5.83 Å². The van der Waals surface area contributed by atoms with Crippen LogP contribution in [0.4, 0.5) is 4.39 Å². The molecule has 0 saturated heterocycles. The van der Waals surface area contributed by atoms with Crippen molar-refractivity contribution in [3.63, 3.8) is 0 Å². The average Bonchev–Trinajstić information content (AvgIpc) is 1.77. The van der Waals surface area contributed by atoms with Crippen LogP contribution in [0, 0.1) is 0 Å². The highest BCUT2D eigenvalue weighted by Gasteiger charge is 1.99. The second-order valence-corrected chi connectivity index (χ2v) is 1.79. The molecule has 0 fully saturated rings. The zero-order chi connectivity index (χ0) is 5.98. The molecule has 0 saturated carbocycles. The van der Waals surface area contributed by atoms with Crippen LogP contribution in [0.2, 0.25) is 0 Å². The summed E-state index contributed by atoms with van der Waals surface area (Å²) < 4.78 is 12.3. The molecule has 0 aromatic rings. The molecular weight excluding hydrogens is 105 g/mol. The van der Waals surface area contributed by atoms with Gasteiger partial charge in [0.25, 0.3) is 0 Å². The second kappa shape index (κ2) is 1.99. The number of dihydropyridines is 1. The summed E-state index contributed by atoms with van der Waals surface area (Å²) in [5, 5.41) is 2.75. The third-order valence-electron chi connectivity index (χ3n) is 1.13. The Balaban J connectivity index is 2.73. The highest BCUT2D eigenvalue weighted by Crippen LogP contribution is 2.10. The minimum atomic E-state index is -0.156. The third-order valence-corrected chi connectivity index (χ3v) is 1.13. The van der Waals surface area contributed by atoms with E-state index in [-0.39, 0.29) is 5.83 Å². The minimum absolute atomic E-state index is 0.156. The molecule has 1 heterocycles. The zero-order valence-electron chi connectivity index (χ0n) is 4.74. The van der Waals surface area contributed by atoms with E-state index in [2.05, 4.69) is 5.32 Å². The van der Waals surface area contributed by atoms with Gasteiger partial charge in [-0.3, -0.25) is 0 Å².